The van der Waals surface area contributed by atoms with Gasteiger partial charge in [-0.3, -0.25) is 4.79 Å². The van der Waals surface area contributed by atoms with Gasteiger partial charge in [-0.1, -0.05) is 12.1 Å². The Morgan fingerprint density at radius 1 is 1.33 bits per heavy atom. The number of aryl methyl sites for hydroxylation is 2. The molecule has 18 heavy (non-hydrogen) atoms. The summed E-state index contributed by atoms with van der Waals surface area (Å²) in [6.07, 6.45) is 0.252. The van der Waals surface area contributed by atoms with Crippen molar-refractivity contribution in [3.8, 4) is 11.5 Å². The van der Waals surface area contributed by atoms with Crippen molar-refractivity contribution in [2.45, 2.75) is 26.7 Å². The zero-order valence-corrected chi connectivity index (χ0v) is 10.3. The molecule has 0 bridgehead atoms. The smallest absolute Gasteiger partial charge is 0.303 e. The van der Waals surface area contributed by atoms with Crippen molar-refractivity contribution >= 4 is 5.97 Å². The van der Waals surface area contributed by atoms with Crippen LogP contribution in [-0.2, 0) is 11.2 Å². The van der Waals surface area contributed by atoms with Gasteiger partial charge in [-0.2, -0.15) is 0 Å². The highest BCUT2D eigenvalue weighted by Crippen LogP contribution is 2.24. The monoisotopic (exact) mass is 246 g/mol. The molecule has 0 fully saturated rings. The summed E-state index contributed by atoms with van der Waals surface area (Å²) in [5, 5.41) is 16.4. The maximum Gasteiger partial charge on any atom is 0.303 e. The molecule has 0 aliphatic rings. The lowest BCUT2D eigenvalue weighted by molar-refractivity contribution is -0.137. The number of hydrogen-bond donors (Lipinski definition) is 1. The van der Waals surface area contributed by atoms with E-state index in [2.05, 4.69) is 10.2 Å². The van der Waals surface area contributed by atoms with Gasteiger partial charge < -0.3 is 9.52 Å². The molecule has 0 radical (unpaired) electrons. The second-order valence-corrected chi connectivity index (χ2v) is 4.14. The van der Waals surface area contributed by atoms with E-state index in [4.69, 9.17) is 9.52 Å². The largest absolute Gasteiger partial charge is 0.481 e. The van der Waals surface area contributed by atoms with Gasteiger partial charge in [0.05, 0.1) is 6.42 Å². The summed E-state index contributed by atoms with van der Waals surface area (Å²) >= 11 is 0. The Hall–Kier alpha value is -2.17. The first kappa shape index (κ1) is 12.3. The van der Waals surface area contributed by atoms with Crippen LogP contribution in [0.25, 0.3) is 11.5 Å². The Balaban J connectivity index is 2.24. The summed E-state index contributed by atoms with van der Waals surface area (Å²) in [4.78, 5) is 10.5. The highest BCUT2D eigenvalue weighted by atomic mass is 16.4. The number of hydrogen-bond acceptors (Lipinski definition) is 4. The lowest BCUT2D eigenvalue weighted by Gasteiger charge is -2.03. The van der Waals surface area contributed by atoms with Gasteiger partial charge in [0.1, 0.15) is 0 Å². The Bertz CT molecular complexity index is 575. The van der Waals surface area contributed by atoms with E-state index in [0.717, 1.165) is 16.7 Å². The van der Waals surface area contributed by atoms with Crippen molar-refractivity contribution in [2.75, 3.05) is 0 Å². The van der Waals surface area contributed by atoms with Crippen molar-refractivity contribution < 1.29 is 14.3 Å². The van der Waals surface area contributed by atoms with Gasteiger partial charge in [0.2, 0.25) is 11.8 Å². The van der Waals surface area contributed by atoms with Crippen LogP contribution in [0.1, 0.15) is 23.4 Å². The zero-order chi connectivity index (χ0) is 13.1. The molecule has 0 atom stereocenters. The van der Waals surface area contributed by atoms with Crippen LogP contribution in [0.2, 0.25) is 0 Å². The number of carboxylic acids is 1. The van der Waals surface area contributed by atoms with E-state index in [1.807, 2.05) is 32.0 Å². The molecule has 1 aromatic carbocycles. The summed E-state index contributed by atoms with van der Waals surface area (Å²) in [6.45, 7) is 4.01. The first-order valence-electron chi connectivity index (χ1n) is 5.68. The standard InChI is InChI=1S/C13H14N2O3/c1-8-4-3-5-10(9(8)2)13-15-14-11(18-13)6-7-12(16)17/h3-5H,6-7H2,1-2H3,(H,16,17). The molecule has 0 amide bonds. The third kappa shape index (κ3) is 2.56. The van der Waals surface area contributed by atoms with Gasteiger partial charge in [-0.15, -0.1) is 10.2 Å². The average Bonchev–Trinajstić information content (AvgIpc) is 2.78. The Kier molecular flexibility index (Phi) is 3.41. The van der Waals surface area contributed by atoms with Crippen molar-refractivity contribution in [1.29, 1.82) is 0 Å². The highest BCUT2D eigenvalue weighted by Gasteiger charge is 2.12. The van der Waals surface area contributed by atoms with Crippen LogP contribution in [0.3, 0.4) is 0 Å². The van der Waals surface area contributed by atoms with Crippen LogP contribution in [0.4, 0.5) is 0 Å². The van der Waals surface area contributed by atoms with Gasteiger partial charge in [0, 0.05) is 12.0 Å². The fraction of sp³-hybridized carbons (Fsp3) is 0.308. The Morgan fingerprint density at radius 3 is 2.83 bits per heavy atom. The summed E-state index contributed by atoms with van der Waals surface area (Å²) in [6, 6.07) is 5.86. The highest BCUT2D eigenvalue weighted by molar-refractivity contribution is 5.66. The Morgan fingerprint density at radius 2 is 2.11 bits per heavy atom. The van der Waals surface area contributed by atoms with E-state index < -0.39 is 5.97 Å². The second kappa shape index (κ2) is 5.00. The number of nitrogens with zero attached hydrogens (tertiary/aromatic N) is 2. The van der Waals surface area contributed by atoms with E-state index in [1.54, 1.807) is 0 Å². The third-order valence-electron chi connectivity index (χ3n) is 2.85. The first-order chi connectivity index (χ1) is 8.58. The molecule has 1 N–H and O–H groups in total. The number of aromatic nitrogens is 2. The maximum atomic E-state index is 10.5. The molecule has 1 heterocycles. The SMILES string of the molecule is Cc1cccc(-c2nnc(CCC(=O)O)o2)c1C. The predicted molar refractivity (Wildman–Crippen MR) is 65.2 cm³/mol. The lowest BCUT2D eigenvalue weighted by atomic mass is 10.0. The first-order valence-corrected chi connectivity index (χ1v) is 5.68. The lowest BCUT2D eigenvalue weighted by Crippen LogP contribution is -1.97. The van der Waals surface area contributed by atoms with Crippen LogP contribution >= 0.6 is 0 Å². The molecule has 2 rings (SSSR count). The van der Waals surface area contributed by atoms with Crippen molar-refractivity contribution in [1.82, 2.24) is 10.2 Å². The van der Waals surface area contributed by atoms with Crippen molar-refractivity contribution in [2.24, 2.45) is 0 Å². The number of carboxylic acid groups (broad SMARTS) is 1. The fourth-order valence-electron chi connectivity index (χ4n) is 1.66. The van der Waals surface area contributed by atoms with E-state index in [0.29, 0.717) is 11.8 Å². The van der Waals surface area contributed by atoms with Crippen molar-refractivity contribution in [3.05, 3.63) is 35.2 Å². The minimum atomic E-state index is -0.874. The second-order valence-electron chi connectivity index (χ2n) is 4.14. The predicted octanol–water partition coefficient (Wildman–Crippen LogP) is 2.37. The van der Waals surface area contributed by atoms with Gasteiger partial charge in [-0.05, 0) is 31.0 Å². The van der Waals surface area contributed by atoms with Gasteiger partial charge in [-0.25, -0.2) is 0 Å². The number of aliphatic carboxylic acids is 1. The molecular weight excluding hydrogens is 232 g/mol. The topological polar surface area (TPSA) is 76.2 Å². The van der Waals surface area contributed by atoms with Crippen LogP contribution < -0.4 is 0 Å². The number of benzene rings is 1. The molecule has 5 nitrogen and oxygen atoms in total. The molecule has 0 spiro atoms. The average molecular weight is 246 g/mol. The molecule has 5 heteroatoms. The normalized spacial score (nSPS) is 10.6. The number of rotatable bonds is 4. The number of carbonyl (C=O) groups is 1. The van der Waals surface area contributed by atoms with E-state index in [9.17, 15) is 4.79 Å². The zero-order valence-electron chi connectivity index (χ0n) is 10.3. The molecule has 0 unspecified atom stereocenters. The van der Waals surface area contributed by atoms with E-state index in [1.165, 1.54) is 0 Å². The molecule has 0 saturated heterocycles. The molecule has 1 aromatic heterocycles. The Labute approximate surface area is 104 Å². The third-order valence-corrected chi connectivity index (χ3v) is 2.85. The summed E-state index contributed by atoms with van der Waals surface area (Å²) in [5.74, 6) is -0.0774. The van der Waals surface area contributed by atoms with Crippen LogP contribution in [0.15, 0.2) is 22.6 Å². The van der Waals surface area contributed by atoms with E-state index in [-0.39, 0.29) is 12.8 Å². The minimum Gasteiger partial charge on any atom is -0.481 e. The summed E-state index contributed by atoms with van der Waals surface area (Å²) in [5.41, 5.74) is 3.13. The van der Waals surface area contributed by atoms with Crippen molar-refractivity contribution in [3.63, 3.8) is 0 Å². The molecule has 94 valence electrons. The van der Waals surface area contributed by atoms with Crippen LogP contribution in [-0.4, -0.2) is 21.3 Å². The molecular formula is C13H14N2O3. The minimum absolute atomic E-state index is 0.00552. The summed E-state index contributed by atoms with van der Waals surface area (Å²) in [7, 11) is 0. The van der Waals surface area contributed by atoms with E-state index >= 15 is 0 Å². The van der Waals surface area contributed by atoms with Crippen LogP contribution in [0.5, 0.6) is 0 Å². The fourth-order valence-corrected chi connectivity index (χ4v) is 1.66. The van der Waals surface area contributed by atoms with Gasteiger partial charge in [0.15, 0.2) is 0 Å². The van der Waals surface area contributed by atoms with Crippen LogP contribution in [0, 0.1) is 13.8 Å². The van der Waals surface area contributed by atoms with Gasteiger partial charge in [0.25, 0.3) is 0 Å². The molecule has 2 aromatic rings. The molecule has 0 aliphatic carbocycles. The van der Waals surface area contributed by atoms with Gasteiger partial charge >= 0.3 is 5.97 Å². The maximum absolute atomic E-state index is 10.5. The molecule has 0 saturated carbocycles. The molecule has 0 aliphatic heterocycles. The quantitative estimate of drug-likeness (QED) is 0.896. The summed E-state index contributed by atoms with van der Waals surface area (Å²) < 4.78 is 5.47.